The van der Waals surface area contributed by atoms with Gasteiger partial charge in [0.15, 0.2) is 0 Å². The number of unbranched alkanes of at least 4 members (excludes halogenated alkanes) is 1. The van der Waals surface area contributed by atoms with E-state index in [0.29, 0.717) is 24.2 Å². The number of halogens is 4. The van der Waals surface area contributed by atoms with Crippen LogP contribution in [0.3, 0.4) is 0 Å². The van der Waals surface area contributed by atoms with E-state index in [1.54, 1.807) is 25.1 Å². The summed E-state index contributed by atoms with van der Waals surface area (Å²) in [6.07, 6.45) is -3.47. The summed E-state index contributed by atoms with van der Waals surface area (Å²) in [6, 6.07) is 7.17. The summed E-state index contributed by atoms with van der Waals surface area (Å²) in [5.74, 6) is -0.244. The number of benzene rings is 2. The van der Waals surface area contributed by atoms with Crippen molar-refractivity contribution in [1.29, 1.82) is 0 Å². The normalized spacial score (nSPS) is 11.6. The molecule has 36 heavy (non-hydrogen) atoms. The summed E-state index contributed by atoms with van der Waals surface area (Å²) < 4.78 is 57.6. The van der Waals surface area contributed by atoms with Gasteiger partial charge in [0.1, 0.15) is 17.1 Å². The number of hydrogen-bond donors (Lipinski definition) is 1. The predicted molar refractivity (Wildman–Crippen MR) is 129 cm³/mol. The van der Waals surface area contributed by atoms with E-state index in [-0.39, 0.29) is 59.6 Å². The molecule has 10 heteroatoms. The molecule has 0 bridgehead atoms. The van der Waals surface area contributed by atoms with Crippen LogP contribution in [0.4, 0.5) is 13.2 Å². The number of ether oxygens (including phenoxy) is 2. The van der Waals surface area contributed by atoms with E-state index < -0.39 is 28.9 Å². The number of methoxy groups -OCH3 is 1. The Labute approximate surface area is 210 Å². The number of aryl methyl sites for hydroxylation is 1. The quantitative estimate of drug-likeness (QED) is 0.191. The second-order valence-electron chi connectivity index (χ2n) is 8.25. The molecule has 0 aliphatic carbocycles. The topological polar surface area (TPSA) is 86.0 Å². The van der Waals surface area contributed by atoms with Gasteiger partial charge in [-0.25, -0.2) is 4.79 Å². The van der Waals surface area contributed by atoms with Gasteiger partial charge < -0.3 is 19.0 Å². The van der Waals surface area contributed by atoms with Crippen molar-refractivity contribution >= 4 is 28.5 Å². The first kappa shape index (κ1) is 27.4. The number of alkyl halides is 3. The third-order valence-corrected chi connectivity index (χ3v) is 5.98. The average Bonchev–Trinajstić information content (AvgIpc) is 2.81. The van der Waals surface area contributed by atoms with Crippen molar-refractivity contribution in [2.45, 2.75) is 51.6 Å². The molecule has 3 rings (SSSR count). The highest BCUT2D eigenvalue weighted by atomic mass is 35.5. The third kappa shape index (κ3) is 6.32. The second-order valence-corrected chi connectivity index (χ2v) is 8.66. The van der Waals surface area contributed by atoms with Crippen LogP contribution < -0.4 is 10.4 Å². The Morgan fingerprint density at radius 1 is 1.11 bits per heavy atom. The number of esters is 1. The van der Waals surface area contributed by atoms with E-state index in [1.807, 2.05) is 0 Å². The number of rotatable bonds is 10. The molecule has 1 N–H and O–H groups in total. The number of phenols is 1. The van der Waals surface area contributed by atoms with Crippen molar-refractivity contribution in [3.8, 4) is 11.5 Å². The lowest BCUT2D eigenvalue weighted by molar-refractivity contribution is -0.140. The summed E-state index contributed by atoms with van der Waals surface area (Å²) in [4.78, 5) is 24.0. The Balaban J connectivity index is 1.74. The molecule has 0 saturated heterocycles. The van der Waals surface area contributed by atoms with E-state index in [9.17, 15) is 27.9 Å². The lowest BCUT2D eigenvalue weighted by Gasteiger charge is -2.16. The highest BCUT2D eigenvalue weighted by Crippen LogP contribution is 2.39. The van der Waals surface area contributed by atoms with Crippen LogP contribution in [-0.2, 0) is 35.0 Å². The van der Waals surface area contributed by atoms with Crippen LogP contribution in [0.25, 0.3) is 11.0 Å². The van der Waals surface area contributed by atoms with Crippen molar-refractivity contribution in [1.82, 2.24) is 0 Å². The molecule has 0 unspecified atom stereocenters. The van der Waals surface area contributed by atoms with Gasteiger partial charge in [0.25, 0.3) is 0 Å². The molecule has 1 heterocycles. The zero-order chi connectivity index (χ0) is 26.5. The molecule has 1 aromatic heterocycles. The molecule has 0 saturated carbocycles. The number of phenolic OH excluding ortho intramolecular Hbond substituents is 1. The fraction of sp³-hybridized carbons (Fsp3) is 0.385. The highest BCUT2D eigenvalue weighted by Gasteiger charge is 2.38. The van der Waals surface area contributed by atoms with E-state index >= 15 is 0 Å². The molecule has 194 valence electrons. The fourth-order valence-electron chi connectivity index (χ4n) is 3.99. The van der Waals surface area contributed by atoms with E-state index in [2.05, 4.69) is 4.74 Å². The van der Waals surface area contributed by atoms with Crippen LogP contribution in [0.2, 0.25) is 5.02 Å². The molecule has 6 nitrogen and oxygen atoms in total. The van der Waals surface area contributed by atoms with Crippen LogP contribution >= 0.6 is 11.6 Å². The maximum Gasteiger partial charge on any atom is 0.417 e. The Hall–Kier alpha value is -3.20. The van der Waals surface area contributed by atoms with Gasteiger partial charge in [0.05, 0.1) is 36.3 Å². The summed E-state index contributed by atoms with van der Waals surface area (Å²) in [5, 5.41) is 10.1. The fourth-order valence-corrected chi connectivity index (χ4v) is 4.25. The number of aromatic hydroxyl groups is 1. The molecule has 0 aliphatic heterocycles. The minimum Gasteiger partial charge on any atom is -0.508 e. The molecule has 0 fully saturated rings. The summed E-state index contributed by atoms with van der Waals surface area (Å²) in [6.45, 7) is 1.96. The first-order valence-corrected chi connectivity index (χ1v) is 11.8. The maximum absolute atomic E-state index is 14.0. The minimum absolute atomic E-state index is 0.0614. The maximum atomic E-state index is 14.0. The van der Waals surface area contributed by atoms with Gasteiger partial charge in [0.2, 0.25) is 0 Å². The Kier molecular flexibility index (Phi) is 8.89. The largest absolute Gasteiger partial charge is 0.508 e. The molecular formula is C26H26ClF3O6. The van der Waals surface area contributed by atoms with Gasteiger partial charge >= 0.3 is 17.8 Å². The number of fused-ring (bicyclic) bond motifs is 1. The van der Waals surface area contributed by atoms with Gasteiger partial charge in [-0.2, -0.15) is 13.2 Å². The van der Waals surface area contributed by atoms with Crippen LogP contribution in [0.5, 0.6) is 11.5 Å². The lowest BCUT2D eigenvalue weighted by atomic mass is 9.96. The van der Waals surface area contributed by atoms with Crippen molar-refractivity contribution in [2.24, 2.45) is 0 Å². The SMILES string of the molecule is CCCc1c(O)ccc2c(C(F)(F)F)c(CCCCOc3ccc(CC(=O)OC)cc3Cl)c(=O)oc12. The lowest BCUT2D eigenvalue weighted by Crippen LogP contribution is -2.19. The van der Waals surface area contributed by atoms with E-state index in [0.717, 1.165) is 6.07 Å². The van der Waals surface area contributed by atoms with Crippen LogP contribution in [0.15, 0.2) is 39.5 Å². The van der Waals surface area contributed by atoms with Crippen LogP contribution in [-0.4, -0.2) is 24.8 Å². The third-order valence-electron chi connectivity index (χ3n) is 5.68. The number of hydrogen-bond acceptors (Lipinski definition) is 6. The zero-order valence-corrected chi connectivity index (χ0v) is 20.6. The number of carbonyl (C=O) groups is 1. The monoisotopic (exact) mass is 526 g/mol. The van der Waals surface area contributed by atoms with E-state index in [4.69, 9.17) is 20.8 Å². The molecule has 0 aliphatic rings. The zero-order valence-electron chi connectivity index (χ0n) is 19.8. The summed E-state index contributed by atoms with van der Waals surface area (Å²) in [5.41, 5.74) is -1.94. The molecule has 0 amide bonds. The van der Waals surface area contributed by atoms with Crippen LogP contribution in [0.1, 0.15) is 48.4 Å². The molecule has 0 radical (unpaired) electrons. The van der Waals surface area contributed by atoms with Crippen molar-refractivity contribution in [3.63, 3.8) is 0 Å². The smallest absolute Gasteiger partial charge is 0.417 e. The molecular weight excluding hydrogens is 501 g/mol. The summed E-state index contributed by atoms with van der Waals surface area (Å²) in [7, 11) is 1.29. The Morgan fingerprint density at radius 3 is 2.50 bits per heavy atom. The van der Waals surface area contributed by atoms with Gasteiger partial charge in [-0.15, -0.1) is 0 Å². The Morgan fingerprint density at radius 2 is 1.86 bits per heavy atom. The van der Waals surface area contributed by atoms with Gasteiger partial charge in [-0.3, -0.25) is 4.79 Å². The first-order valence-electron chi connectivity index (χ1n) is 11.4. The van der Waals surface area contributed by atoms with Crippen molar-refractivity contribution in [2.75, 3.05) is 13.7 Å². The molecule has 0 atom stereocenters. The second kappa shape index (κ2) is 11.7. The van der Waals surface area contributed by atoms with Gasteiger partial charge in [0, 0.05) is 10.9 Å². The van der Waals surface area contributed by atoms with Crippen molar-refractivity contribution in [3.05, 3.63) is 68.0 Å². The van der Waals surface area contributed by atoms with Gasteiger partial charge in [-0.05, 0) is 55.5 Å². The molecule has 0 spiro atoms. The molecule has 3 aromatic rings. The van der Waals surface area contributed by atoms with E-state index in [1.165, 1.54) is 13.2 Å². The van der Waals surface area contributed by atoms with Crippen LogP contribution in [0, 0.1) is 0 Å². The predicted octanol–water partition coefficient (Wildman–Crippen LogP) is 6.24. The number of carbonyl (C=O) groups excluding carboxylic acids is 1. The standard InChI is InChI=1S/C26H26ClF3O6/c1-3-6-16-20(31)10-9-17-23(26(28,29)30)18(25(33)36-24(16)17)7-4-5-12-35-21-11-8-15(13-19(21)27)14-22(32)34-2/h8-11,13,31H,3-7,12,14H2,1-2H3. The first-order chi connectivity index (χ1) is 17.1. The Bertz CT molecular complexity index is 1300. The summed E-state index contributed by atoms with van der Waals surface area (Å²) >= 11 is 6.18. The average molecular weight is 527 g/mol. The minimum atomic E-state index is -4.78. The molecule has 2 aromatic carbocycles. The highest BCUT2D eigenvalue weighted by molar-refractivity contribution is 6.32. The van der Waals surface area contributed by atoms with Crippen molar-refractivity contribution < 1.29 is 37.0 Å². The van der Waals surface area contributed by atoms with Gasteiger partial charge in [-0.1, -0.05) is 31.0 Å².